The van der Waals surface area contributed by atoms with Gasteiger partial charge in [0, 0.05) is 27.9 Å². The van der Waals surface area contributed by atoms with E-state index < -0.39 is 24.0 Å². The highest BCUT2D eigenvalue weighted by Crippen LogP contribution is 2.29. The average Bonchev–Trinajstić information content (AvgIpc) is 3.58. The van der Waals surface area contributed by atoms with Gasteiger partial charge in [0.1, 0.15) is 23.0 Å². The van der Waals surface area contributed by atoms with Crippen molar-refractivity contribution in [2.24, 2.45) is 0 Å². The Morgan fingerprint density at radius 3 is 1.64 bits per heavy atom. The van der Waals surface area contributed by atoms with Crippen LogP contribution in [-0.2, 0) is 21.1 Å². The van der Waals surface area contributed by atoms with E-state index in [1.54, 1.807) is 66.7 Å². The molecule has 4 aromatic rings. The summed E-state index contributed by atoms with van der Waals surface area (Å²) >= 11 is 25.7. The van der Waals surface area contributed by atoms with Crippen LogP contribution in [0, 0.1) is 0 Å². The zero-order valence-electron chi connectivity index (χ0n) is 20.0. The van der Waals surface area contributed by atoms with Crippen LogP contribution in [0.2, 0.25) is 15.1 Å². The quantitative estimate of drug-likeness (QED) is 0.0980. The summed E-state index contributed by atoms with van der Waals surface area (Å²) in [6, 6.07) is 16.3. The fraction of sp³-hybridized carbons (Fsp3) is 0.154. The van der Waals surface area contributed by atoms with Gasteiger partial charge in [-0.05, 0) is 60.7 Å². The van der Waals surface area contributed by atoms with Crippen LogP contribution in [0.15, 0.2) is 75.6 Å². The lowest BCUT2D eigenvalue weighted by Crippen LogP contribution is -2.19. The zero-order valence-corrected chi connectivity index (χ0v) is 24.0. The van der Waals surface area contributed by atoms with Crippen LogP contribution < -0.4 is 10.6 Å². The maximum Gasteiger partial charge on any atom is 0.334 e. The summed E-state index contributed by atoms with van der Waals surface area (Å²) in [5, 5.41) is 25.5. The fourth-order valence-corrected chi connectivity index (χ4v) is 4.10. The third kappa shape index (κ3) is 8.81. The number of carboxylic acid groups (broad SMARTS) is 2. The molecule has 2 unspecified atom stereocenters. The van der Waals surface area contributed by atoms with E-state index in [4.69, 9.17) is 43.6 Å². The topological polar surface area (TPSA) is 125 Å². The summed E-state index contributed by atoms with van der Waals surface area (Å²) in [7, 11) is 0. The van der Waals surface area contributed by atoms with Gasteiger partial charge in [-0.15, -0.1) is 0 Å². The Balaban J connectivity index is 0.000000216. The van der Waals surface area contributed by atoms with Crippen LogP contribution in [-0.4, -0.2) is 22.2 Å². The van der Waals surface area contributed by atoms with Gasteiger partial charge in [-0.25, -0.2) is 9.59 Å². The van der Waals surface area contributed by atoms with Crippen molar-refractivity contribution in [1.29, 1.82) is 0 Å². The molecule has 2 aromatic carbocycles. The number of carbonyl (C=O) groups is 2. The third-order valence-electron chi connectivity index (χ3n) is 5.11. The van der Waals surface area contributed by atoms with Gasteiger partial charge in [0.15, 0.2) is 12.1 Å². The normalized spacial score (nSPS) is 12.1. The summed E-state index contributed by atoms with van der Waals surface area (Å²) < 4.78 is 10.8. The Bertz CT molecular complexity index is 1430. The first kappa shape index (κ1) is 30.6. The molecule has 2 atom stereocenters. The van der Waals surface area contributed by atoms with Gasteiger partial charge in [0.25, 0.3) is 0 Å². The summed E-state index contributed by atoms with van der Waals surface area (Å²) in [6.45, 7) is 0. The predicted molar refractivity (Wildman–Crippen MR) is 159 cm³/mol. The molecule has 0 saturated carbocycles. The van der Waals surface area contributed by atoms with Gasteiger partial charge >= 0.3 is 11.9 Å². The van der Waals surface area contributed by atoms with Crippen LogP contribution in [0.4, 0.5) is 11.4 Å². The number of benzene rings is 2. The molecule has 13 heteroatoms. The first-order valence-electron chi connectivity index (χ1n) is 11.2. The number of hydrogen-bond donors (Lipinski definition) is 6. The van der Waals surface area contributed by atoms with Crippen LogP contribution in [0.3, 0.4) is 0 Å². The number of thiol groups is 2. The number of nitrogens with one attached hydrogen (secondary N) is 2. The zero-order chi connectivity index (χ0) is 28.5. The minimum Gasteiger partial charge on any atom is -0.479 e. The molecule has 4 rings (SSSR count). The molecule has 0 aliphatic carbocycles. The molecule has 0 bridgehead atoms. The molecule has 206 valence electrons. The van der Waals surface area contributed by atoms with Crippen molar-refractivity contribution < 1.29 is 28.6 Å². The van der Waals surface area contributed by atoms with Crippen LogP contribution in [0.1, 0.15) is 35.1 Å². The van der Waals surface area contributed by atoms with Crippen molar-refractivity contribution in [3.05, 3.63) is 105 Å². The molecule has 0 radical (unpaired) electrons. The van der Waals surface area contributed by atoms with Gasteiger partial charge in [-0.3, -0.25) is 0 Å². The van der Waals surface area contributed by atoms with Crippen LogP contribution in [0.25, 0.3) is 0 Å². The van der Waals surface area contributed by atoms with Crippen molar-refractivity contribution in [3.8, 4) is 0 Å². The Kier molecular flexibility index (Phi) is 11.4. The Hall–Kier alpha value is -2.89. The standard InChI is InChI=1S/C13H11Cl2NO3S.C13H12ClNO3S/c14-9-3-1-7(5-10(9)15)16-12(13(17)18)11-4-2-8(6-20)19-11;14-8-2-1-3-9(6-8)15-12(13(16)17)11-5-4-10(7-19)18-11/h1-5,12,16,20H,6H2,(H,17,18);1-6,12,15,19H,7H2,(H,16,17). The lowest BCUT2D eigenvalue weighted by molar-refractivity contribution is -0.139. The van der Waals surface area contributed by atoms with Crippen molar-refractivity contribution in [2.45, 2.75) is 23.6 Å². The average molecular weight is 630 g/mol. The fourth-order valence-electron chi connectivity index (χ4n) is 3.28. The van der Waals surface area contributed by atoms with Gasteiger partial charge < -0.3 is 29.7 Å². The van der Waals surface area contributed by atoms with E-state index >= 15 is 0 Å². The molecule has 0 saturated heterocycles. The minimum absolute atomic E-state index is 0.299. The largest absolute Gasteiger partial charge is 0.479 e. The first-order chi connectivity index (χ1) is 18.6. The molecular weight excluding hydrogens is 607 g/mol. The number of carboxylic acids is 2. The molecule has 0 amide bonds. The van der Waals surface area contributed by atoms with Crippen molar-refractivity contribution >= 4 is 83.4 Å². The molecule has 0 aliphatic rings. The number of anilines is 2. The number of rotatable bonds is 10. The van der Waals surface area contributed by atoms with Crippen LogP contribution >= 0.6 is 60.1 Å². The highest BCUT2D eigenvalue weighted by Gasteiger charge is 2.24. The summed E-state index contributed by atoms with van der Waals surface area (Å²) in [5.74, 6) is 0.589. The van der Waals surface area contributed by atoms with E-state index in [0.717, 1.165) is 0 Å². The summed E-state index contributed by atoms with van der Waals surface area (Å²) in [6.07, 6.45) is 0. The molecule has 2 heterocycles. The van der Waals surface area contributed by atoms with E-state index in [0.29, 0.717) is 61.0 Å². The molecular formula is C26H23Cl3N2O6S2. The van der Waals surface area contributed by atoms with Gasteiger partial charge in [0.05, 0.1) is 10.0 Å². The molecule has 0 spiro atoms. The Morgan fingerprint density at radius 1 is 0.718 bits per heavy atom. The van der Waals surface area contributed by atoms with Crippen molar-refractivity contribution in [2.75, 3.05) is 10.6 Å². The van der Waals surface area contributed by atoms with Gasteiger partial charge in [-0.2, -0.15) is 25.3 Å². The Labute approximate surface area is 250 Å². The maximum absolute atomic E-state index is 11.4. The smallest absolute Gasteiger partial charge is 0.334 e. The highest BCUT2D eigenvalue weighted by atomic mass is 35.5. The molecule has 4 N–H and O–H groups in total. The summed E-state index contributed by atoms with van der Waals surface area (Å²) in [4.78, 5) is 22.7. The first-order valence-corrected chi connectivity index (χ1v) is 13.6. The Morgan fingerprint density at radius 2 is 1.23 bits per heavy atom. The van der Waals surface area contributed by atoms with Crippen molar-refractivity contribution in [3.63, 3.8) is 0 Å². The number of furan rings is 2. The van der Waals surface area contributed by atoms with Crippen LogP contribution in [0.5, 0.6) is 0 Å². The molecule has 2 aromatic heterocycles. The predicted octanol–water partition coefficient (Wildman–Crippen LogP) is 7.85. The van der Waals surface area contributed by atoms with E-state index in [1.807, 2.05) is 0 Å². The van der Waals surface area contributed by atoms with E-state index in [2.05, 4.69) is 35.9 Å². The second-order valence-electron chi connectivity index (χ2n) is 7.89. The number of halogens is 3. The van der Waals surface area contributed by atoms with E-state index in [1.165, 1.54) is 0 Å². The van der Waals surface area contributed by atoms with Gasteiger partial charge in [0.2, 0.25) is 0 Å². The maximum atomic E-state index is 11.4. The monoisotopic (exact) mass is 628 g/mol. The molecule has 8 nitrogen and oxygen atoms in total. The molecule has 39 heavy (non-hydrogen) atoms. The lowest BCUT2D eigenvalue weighted by Gasteiger charge is -2.14. The highest BCUT2D eigenvalue weighted by molar-refractivity contribution is 7.79. The molecule has 0 fully saturated rings. The summed E-state index contributed by atoms with van der Waals surface area (Å²) in [5.41, 5.74) is 1.15. The lowest BCUT2D eigenvalue weighted by atomic mass is 10.2. The SMILES string of the molecule is O=C(O)C(Nc1ccc(Cl)c(Cl)c1)c1ccc(CS)o1.O=C(O)C(Nc1cccc(Cl)c1)c1ccc(CS)o1. The van der Waals surface area contributed by atoms with Gasteiger partial charge in [-0.1, -0.05) is 40.9 Å². The minimum atomic E-state index is -1.06. The van der Waals surface area contributed by atoms with E-state index in [9.17, 15) is 19.8 Å². The van der Waals surface area contributed by atoms with E-state index in [-0.39, 0.29) is 0 Å². The number of aliphatic carboxylic acids is 2. The number of hydrogen-bond acceptors (Lipinski definition) is 8. The van der Waals surface area contributed by atoms with Crippen molar-refractivity contribution in [1.82, 2.24) is 0 Å². The second kappa shape index (κ2) is 14.5. The molecule has 0 aliphatic heterocycles. The third-order valence-corrected chi connectivity index (χ3v) is 6.70. The second-order valence-corrected chi connectivity index (χ2v) is 9.78.